The van der Waals surface area contributed by atoms with Crippen LogP contribution in [0.5, 0.6) is 5.75 Å². The van der Waals surface area contributed by atoms with E-state index in [0.29, 0.717) is 22.6 Å². The quantitative estimate of drug-likeness (QED) is 0.916. The molecule has 3 nitrogen and oxygen atoms in total. The average molecular weight is 287 g/mol. The van der Waals surface area contributed by atoms with E-state index in [9.17, 15) is 9.18 Å². The van der Waals surface area contributed by atoms with E-state index in [0.717, 1.165) is 0 Å². The van der Waals surface area contributed by atoms with Gasteiger partial charge in [0.05, 0.1) is 11.8 Å². The van der Waals surface area contributed by atoms with Crippen molar-refractivity contribution >= 4 is 11.6 Å². The SMILES string of the molecule is Cc1cc(F)ccc1C(=O)Nc1ccccc1OC(C)C. The lowest BCUT2D eigenvalue weighted by Crippen LogP contribution is -2.15. The molecule has 2 rings (SSSR count). The van der Waals surface area contributed by atoms with Crippen LogP contribution in [-0.4, -0.2) is 12.0 Å². The zero-order valence-corrected chi connectivity index (χ0v) is 12.3. The number of amides is 1. The molecule has 0 radical (unpaired) electrons. The molecule has 0 saturated heterocycles. The van der Waals surface area contributed by atoms with E-state index in [-0.39, 0.29) is 17.8 Å². The zero-order valence-electron chi connectivity index (χ0n) is 12.3. The Bertz CT molecular complexity index is 653. The molecule has 0 aliphatic carbocycles. The van der Waals surface area contributed by atoms with Crippen molar-refractivity contribution in [1.82, 2.24) is 0 Å². The van der Waals surface area contributed by atoms with Crippen molar-refractivity contribution < 1.29 is 13.9 Å². The highest BCUT2D eigenvalue weighted by Crippen LogP contribution is 2.25. The number of anilines is 1. The summed E-state index contributed by atoms with van der Waals surface area (Å²) in [5.74, 6) is -0.0273. The van der Waals surface area contributed by atoms with E-state index in [2.05, 4.69) is 5.32 Å². The zero-order chi connectivity index (χ0) is 15.4. The van der Waals surface area contributed by atoms with Crippen LogP contribution in [0.15, 0.2) is 42.5 Å². The molecule has 2 aromatic carbocycles. The first kappa shape index (κ1) is 15.0. The summed E-state index contributed by atoms with van der Waals surface area (Å²) in [6.07, 6.45) is 0.00982. The van der Waals surface area contributed by atoms with Gasteiger partial charge in [0, 0.05) is 5.56 Å². The lowest BCUT2D eigenvalue weighted by atomic mass is 10.1. The van der Waals surface area contributed by atoms with Gasteiger partial charge in [-0.3, -0.25) is 4.79 Å². The normalized spacial score (nSPS) is 10.5. The first-order valence-corrected chi connectivity index (χ1v) is 6.80. The Kier molecular flexibility index (Phi) is 4.58. The van der Waals surface area contributed by atoms with Crippen LogP contribution >= 0.6 is 0 Å². The third-order valence-corrected chi connectivity index (χ3v) is 2.93. The van der Waals surface area contributed by atoms with Crippen molar-refractivity contribution in [1.29, 1.82) is 0 Å². The molecule has 1 N–H and O–H groups in total. The second-order valence-corrected chi connectivity index (χ2v) is 5.08. The number of carbonyl (C=O) groups excluding carboxylic acids is 1. The summed E-state index contributed by atoms with van der Waals surface area (Å²) in [4.78, 5) is 12.3. The maximum atomic E-state index is 13.1. The minimum absolute atomic E-state index is 0.00982. The van der Waals surface area contributed by atoms with E-state index in [4.69, 9.17) is 4.74 Å². The predicted molar refractivity (Wildman–Crippen MR) is 81.3 cm³/mol. The van der Waals surface area contributed by atoms with Crippen molar-refractivity contribution in [2.24, 2.45) is 0 Å². The minimum Gasteiger partial charge on any atom is -0.489 e. The number of carbonyl (C=O) groups is 1. The first-order valence-electron chi connectivity index (χ1n) is 6.80. The molecule has 0 bridgehead atoms. The largest absolute Gasteiger partial charge is 0.489 e. The van der Waals surface area contributed by atoms with Gasteiger partial charge in [-0.15, -0.1) is 0 Å². The van der Waals surface area contributed by atoms with Gasteiger partial charge in [0.2, 0.25) is 0 Å². The van der Waals surface area contributed by atoms with Crippen LogP contribution in [0.1, 0.15) is 29.8 Å². The van der Waals surface area contributed by atoms with Gasteiger partial charge in [-0.2, -0.15) is 0 Å². The van der Waals surface area contributed by atoms with Gasteiger partial charge >= 0.3 is 0 Å². The van der Waals surface area contributed by atoms with Crippen molar-refractivity contribution in [3.05, 3.63) is 59.4 Å². The van der Waals surface area contributed by atoms with Gasteiger partial charge < -0.3 is 10.1 Å². The third kappa shape index (κ3) is 3.81. The summed E-state index contributed by atoms with van der Waals surface area (Å²) in [7, 11) is 0. The monoisotopic (exact) mass is 287 g/mol. The standard InChI is InChI=1S/C17H18FNO2/c1-11(2)21-16-7-5-4-6-15(16)19-17(20)14-9-8-13(18)10-12(14)3/h4-11H,1-3H3,(H,19,20). The lowest BCUT2D eigenvalue weighted by Gasteiger charge is -2.15. The molecule has 1 amide bonds. The summed E-state index contributed by atoms with van der Waals surface area (Å²) in [6.45, 7) is 5.54. The van der Waals surface area contributed by atoms with E-state index in [1.807, 2.05) is 26.0 Å². The van der Waals surface area contributed by atoms with Gasteiger partial charge in [-0.1, -0.05) is 12.1 Å². The van der Waals surface area contributed by atoms with Crippen LogP contribution in [0, 0.1) is 12.7 Å². The molecular weight excluding hydrogens is 269 g/mol. The van der Waals surface area contributed by atoms with E-state index >= 15 is 0 Å². The highest BCUT2D eigenvalue weighted by molar-refractivity contribution is 6.05. The fourth-order valence-electron chi connectivity index (χ4n) is 2.00. The fraction of sp³-hybridized carbons (Fsp3) is 0.235. The number of halogens is 1. The molecule has 2 aromatic rings. The Labute approximate surface area is 123 Å². The van der Waals surface area contributed by atoms with E-state index in [1.165, 1.54) is 18.2 Å². The van der Waals surface area contributed by atoms with E-state index in [1.54, 1.807) is 19.1 Å². The summed E-state index contributed by atoms with van der Waals surface area (Å²) < 4.78 is 18.8. The molecule has 110 valence electrons. The number of ether oxygens (including phenoxy) is 1. The Balaban J connectivity index is 2.23. The molecule has 0 unspecified atom stereocenters. The molecule has 0 aliphatic rings. The molecule has 4 heteroatoms. The molecule has 0 spiro atoms. The van der Waals surface area contributed by atoms with Crippen LogP contribution in [0.3, 0.4) is 0 Å². The lowest BCUT2D eigenvalue weighted by molar-refractivity contribution is 0.102. The topological polar surface area (TPSA) is 38.3 Å². The predicted octanol–water partition coefficient (Wildman–Crippen LogP) is 4.17. The number of para-hydroxylation sites is 2. The molecule has 0 atom stereocenters. The molecule has 0 fully saturated rings. The molecular formula is C17H18FNO2. The van der Waals surface area contributed by atoms with Crippen LogP contribution in [0.25, 0.3) is 0 Å². The Hall–Kier alpha value is -2.36. The van der Waals surface area contributed by atoms with Crippen molar-refractivity contribution in [3.63, 3.8) is 0 Å². The van der Waals surface area contributed by atoms with Gasteiger partial charge in [0.15, 0.2) is 0 Å². The summed E-state index contributed by atoms with van der Waals surface area (Å²) >= 11 is 0. The van der Waals surface area contributed by atoms with Gasteiger partial charge in [-0.25, -0.2) is 4.39 Å². The second kappa shape index (κ2) is 6.39. The Morgan fingerprint density at radius 2 is 1.90 bits per heavy atom. The first-order chi connectivity index (χ1) is 9.97. The number of nitrogens with one attached hydrogen (secondary N) is 1. The summed E-state index contributed by atoms with van der Waals surface area (Å²) in [5.41, 5.74) is 1.63. The number of hydrogen-bond donors (Lipinski definition) is 1. The third-order valence-electron chi connectivity index (χ3n) is 2.93. The second-order valence-electron chi connectivity index (χ2n) is 5.08. The van der Waals surface area contributed by atoms with E-state index < -0.39 is 0 Å². The number of rotatable bonds is 4. The van der Waals surface area contributed by atoms with Crippen LogP contribution in [0.2, 0.25) is 0 Å². The van der Waals surface area contributed by atoms with Gasteiger partial charge in [0.1, 0.15) is 11.6 Å². The Morgan fingerprint density at radius 1 is 1.19 bits per heavy atom. The maximum absolute atomic E-state index is 13.1. The maximum Gasteiger partial charge on any atom is 0.256 e. The van der Waals surface area contributed by atoms with Crippen molar-refractivity contribution in [2.45, 2.75) is 26.9 Å². The minimum atomic E-state index is -0.354. The highest BCUT2D eigenvalue weighted by atomic mass is 19.1. The van der Waals surface area contributed by atoms with Crippen LogP contribution in [0.4, 0.5) is 10.1 Å². The van der Waals surface area contributed by atoms with Gasteiger partial charge in [-0.05, 0) is 56.7 Å². The van der Waals surface area contributed by atoms with Crippen LogP contribution in [-0.2, 0) is 0 Å². The number of hydrogen-bond acceptors (Lipinski definition) is 2. The van der Waals surface area contributed by atoms with Crippen LogP contribution < -0.4 is 10.1 Å². The highest BCUT2D eigenvalue weighted by Gasteiger charge is 2.13. The fourth-order valence-corrected chi connectivity index (χ4v) is 2.00. The van der Waals surface area contributed by atoms with Gasteiger partial charge in [0.25, 0.3) is 5.91 Å². The molecule has 0 heterocycles. The molecule has 0 saturated carbocycles. The number of benzene rings is 2. The van der Waals surface area contributed by atoms with Crippen molar-refractivity contribution in [2.75, 3.05) is 5.32 Å². The summed E-state index contributed by atoms with van der Waals surface area (Å²) in [6, 6.07) is 11.3. The van der Waals surface area contributed by atoms with Crippen molar-refractivity contribution in [3.8, 4) is 5.75 Å². The smallest absolute Gasteiger partial charge is 0.256 e. The summed E-state index contributed by atoms with van der Waals surface area (Å²) in [5, 5.41) is 2.81. The molecule has 21 heavy (non-hydrogen) atoms. The average Bonchev–Trinajstić information content (AvgIpc) is 2.40. The molecule has 0 aromatic heterocycles. The molecule has 0 aliphatic heterocycles. The Morgan fingerprint density at radius 3 is 2.57 bits per heavy atom. The number of aryl methyl sites for hydroxylation is 1.